The van der Waals surface area contributed by atoms with Gasteiger partial charge in [-0.25, -0.2) is 14.4 Å². The number of carbonyl (C=O) groups is 4. The molecule has 0 aromatic heterocycles. The third-order valence-electron chi connectivity index (χ3n) is 9.83. The van der Waals surface area contributed by atoms with Crippen molar-refractivity contribution in [2.24, 2.45) is 0 Å². The molecule has 2 N–H and O–H groups in total. The molecule has 0 aliphatic rings. The van der Waals surface area contributed by atoms with Crippen LogP contribution in [0.15, 0.2) is 97.1 Å². The summed E-state index contributed by atoms with van der Waals surface area (Å²) in [5, 5.41) is 39.1. The molecule has 0 heterocycles. The fourth-order valence-electron chi connectivity index (χ4n) is 6.17. The zero-order chi connectivity index (χ0) is 67.1. The van der Waals surface area contributed by atoms with Crippen LogP contribution in [0.5, 0.6) is 23.0 Å². The van der Waals surface area contributed by atoms with Crippen LogP contribution < -0.4 is 48.5 Å². The van der Waals surface area contributed by atoms with Crippen molar-refractivity contribution in [1.29, 1.82) is 0 Å². The first-order chi connectivity index (χ1) is 41.9. The molecule has 6 aromatic carbocycles. The van der Waals surface area contributed by atoms with Gasteiger partial charge < -0.3 is 49.5 Å². The number of halogens is 13. The number of benzene rings is 6. The molecule has 6 aromatic rings. The van der Waals surface area contributed by atoms with Crippen molar-refractivity contribution in [2.75, 3.05) is 81.1 Å². The first kappa shape index (κ1) is 88.4. The van der Waals surface area contributed by atoms with Gasteiger partial charge in [-0.05, 0) is 72.3 Å². The van der Waals surface area contributed by atoms with Gasteiger partial charge in [0.25, 0.3) is 16.6 Å². The molecule has 0 atom stereocenters. The SMILES string of the molecule is CCl.COc1c(Cl)ccc(Cl)c1C(=O)Cl.COc1c(Cl)ccc(Cl)c1C(=O)OCCI.COc1c(Cl)ccc(Cl)c1C(=O)OCCI.COc1c(Cl)ccc(Cl)c1C(=O)OCCOCc1ccccc1[N+](=O)[O-].O=[N+]([O-])c1ccccc1CO.OCCI.[H-].[Na+]. The number of nitrogens with zero attached hydrogens (tertiary/aromatic N) is 2. The molecule has 34 heteroatoms. The minimum absolute atomic E-state index is 0. The number of aliphatic hydroxyl groups is 2. The van der Waals surface area contributed by atoms with Gasteiger partial charge in [0.2, 0.25) is 0 Å². The topological polar surface area (TPSA) is 269 Å². The van der Waals surface area contributed by atoms with Crippen LogP contribution >= 0.6 is 184 Å². The van der Waals surface area contributed by atoms with Crippen LogP contribution in [0.2, 0.25) is 40.2 Å². The van der Waals surface area contributed by atoms with Gasteiger partial charge >= 0.3 is 47.5 Å². The van der Waals surface area contributed by atoms with Crippen LogP contribution in [0.1, 0.15) is 54.0 Å². The van der Waals surface area contributed by atoms with E-state index in [9.17, 15) is 39.4 Å². The van der Waals surface area contributed by atoms with Crippen LogP contribution in [0, 0.1) is 20.2 Å². The third-order valence-corrected chi connectivity index (χ3v) is 13.8. The molecule has 0 unspecified atom stereocenters. The number of nitro benzene ring substituents is 2. The van der Waals surface area contributed by atoms with Crippen molar-refractivity contribution in [3.63, 3.8) is 0 Å². The van der Waals surface area contributed by atoms with E-state index in [0.29, 0.717) is 54.9 Å². The number of esters is 3. The maximum absolute atomic E-state index is 12.2. The van der Waals surface area contributed by atoms with E-state index in [4.69, 9.17) is 153 Å². The molecule has 484 valence electrons. The Balaban J connectivity index is -0.00000105. The van der Waals surface area contributed by atoms with Gasteiger partial charge in [0, 0.05) is 31.8 Å². The van der Waals surface area contributed by atoms with Crippen LogP contribution in [0.4, 0.5) is 11.4 Å². The normalized spacial score (nSPS) is 9.66. The second-order valence-corrected chi connectivity index (χ2v) is 22.0. The van der Waals surface area contributed by atoms with Crippen molar-refractivity contribution in [2.45, 2.75) is 13.2 Å². The summed E-state index contributed by atoms with van der Waals surface area (Å²) in [5.41, 5.74) is 1.18. The Morgan fingerprint density at radius 2 is 0.742 bits per heavy atom. The summed E-state index contributed by atoms with van der Waals surface area (Å²) in [6.07, 6.45) is 1.47. The summed E-state index contributed by atoms with van der Waals surface area (Å²) in [6, 6.07) is 24.6. The summed E-state index contributed by atoms with van der Waals surface area (Å²) >= 11 is 63.3. The minimum atomic E-state index is -0.705. The van der Waals surface area contributed by atoms with E-state index in [0.717, 1.165) is 4.43 Å². The van der Waals surface area contributed by atoms with Gasteiger partial charge in [-0.3, -0.25) is 25.0 Å². The number of rotatable bonds is 21. The predicted octanol–water partition coefficient (Wildman–Crippen LogP) is 14.3. The molecule has 6 rings (SSSR count). The van der Waals surface area contributed by atoms with E-state index < -0.39 is 33.0 Å². The third kappa shape index (κ3) is 31.0. The van der Waals surface area contributed by atoms with Crippen LogP contribution in [-0.2, 0) is 32.2 Å². The number of alkyl halides is 4. The van der Waals surface area contributed by atoms with Crippen molar-refractivity contribution in [3.8, 4) is 23.0 Å². The Bertz CT molecular complexity index is 3150. The number of nitro groups is 2. The number of carbonyl (C=O) groups excluding carboxylic acids is 4. The van der Waals surface area contributed by atoms with E-state index in [-0.39, 0.29) is 139 Å². The predicted molar refractivity (Wildman–Crippen MR) is 371 cm³/mol. The largest absolute Gasteiger partial charge is 1.00 e. The van der Waals surface area contributed by atoms with Crippen LogP contribution in [0.25, 0.3) is 0 Å². The van der Waals surface area contributed by atoms with Crippen LogP contribution in [0.3, 0.4) is 0 Å². The molecule has 0 amide bonds. The summed E-state index contributed by atoms with van der Waals surface area (Å²) in [7, 11) is 5.60. The van der Waals surface area contributed by atoms with E-state index in [2.05, 4.69) is 79.4 Å². The molecule has 0 aliphatic heterocycles. The Morgan fingerprint density at radius 1 is 0.461 bits per heavy atom. The van der Waals surface area contributed by atoms with Crippen molar-refractivity contribution in [1.82, 2.24) is 0 Å². The second kappa shape index (κ2) is 50.8. The molecule has 0 fully saturated rings. The van der Waals surface area contributed by atoms with E-state index >= 15 is 0 Å². The smallest absolute Gasteiger partial charge is 1.00 e. The van der Waals surface area contributed by atoms with Gasteiger partial charge in [-0.15, -0.1) is 11.6 Å². The van der Waals surface area contributed by atoms with Crippen LogP contribution in [-0.4, -0.2) is 124 Å². The van der Waals surface area contributed by atoms with E-state index in [1.54, 1.807) is 42.5 Å². The molecule has 0 aliphatic carbocycles. The maximum atomic E-state index is 12.2. The molecule has 0 saturated carbocycles. The fourth-order valence-corrected chi connectivity index (χ4v) is 8.70. The number of aliphatic hydroxyl groups excluding tert-OH is 2. The average molecular weight is 1790 g/mol. The molecule has 20 nitrogen and oxygen atoms in total. The average Bonchev–Trinajstić information content (AvgIpc) is 2.77. The van der Waals surface area contributed by atoms with Gasteiger partial charge in [-0.2, -0.15) is 0 Å². The fraction of sp³-hybridized carbons (Fsp3) is 0.273. The summed E-state index contributed by atoms with van der Waals surface area (Å²) in [5.74, 6) is -0.940. The summed E-state index contributed by atoms with van der Waals surface area (Å²) in [6.45, 7) is 0.675. The van der Waals surface area contributed by atoms with Crippen molar-refractivity contribution in [3.05, 3.63) is 191 Å². The summed E-state index contributed by atoms with van der Waals surface area (Å²) in [4.78, 5) is 66.7. The minimum Gasteiger partial charge on any atom is -1.00 e. The number of para-hydroxylation sites is 2. The maximum Gasteiger partial charge on any atom is 1.00 e. The zero-order valence-corrected chi connectivity index (χ0v) is 63.6. The number of methoxy groups -OCH3 is 4. The van der Waals surface area contributed by atoms with Gasteiger partial charge in [0.05, 0.1) is 122 Å². The first-order valence-corrected chi connectivity index (χ1v) is 32.8. The van der Waals surface area contributed by atoms with Crippen molar-refractivity contribution < 1.29 is 108 Å². The first-order valence-electron chi connectivity index (χ1n) is 24.0. The molecule has 0 bridgehead atoms. The van der Waals surface area contributed by atoms with Crippen molar-refractivity contribution >= 4 is 218 Å². The summed E-state index contributed by atoms with van der Waals surface area (Å²) < 4.78 is 42.7. The standard InChI is InChI=1S/C17H15Cl2NO6.2C10H9Cl2IO3.C8H5Cl3O2.C7H7NO3.C2H5IO.CH3Cl.Na.H/c1-24-16-13(19)7-6-12(18)15(16)17(21)26-9-8-25-10-11-4-2-3-5-14(11)20(22)23;2*1-15-9-7(12)3-2-6(11)8(9)10(14)16-5-4-13;1-13-7-5(10)3-2-4(9)6(7)8(11)12;9-5-6-3-1-2-4-7(6)8(10)11;3-1-2-4;1-2;;/h2-7H,8-10H2,1H3;2*2-3H,4-5H2,1H3;2-3H,1H3;1-4,9H,5H2;4H,1-2H2;1H3;;/q;;;;;;;+1;-1. The Morgan fingerprint density at radius 3 is 1.01 bits per heavy atom. The van der Waals surface area contributed by atoms with Gasteiger partial charge in [-0.1, -0.05) is 185 Å². The number of hydrogen-bond acceptors (Lipinski definition) is 18. The zero-order valence-electron chi connectivity index (χ0n) is 48.5. The monoisotopic (exact) mass is 1780 g/mol. The van der Waals surface area contributed by atoms with Gasteiger partial charge in [0.15, 0.2) is 23.0 Å². The number of ether oxygens (including phenoxy) is 8. The van der Waals surface area contributed by atoms with E-state index in [1.165, 1.54) is 89.4 Å². The Kier molecular flexibility index (Phi) is 50.5. The Labute approximate surface area is 627 Å². The van der Waals surface area contributed by atoms with E-state index in [1.807, 2.05) is 0 Å². The number of hydrogen-bond donors (Lipinski definition) is 2. The quantitative estimate of drug-likeness (QED) is 0.00780. The Hall–Kier alpha value is -2.63. The molecule has 0 saturated heterocycles. The molecule has 0 spiro atoms. The molecular weight excluding hydrogens is 1730 g/mol. The van der Waals surface area contributed by atoms with Gasteiger partial charge in [0.1, 0.15) is 36.5 Å². The molecule has 0 radical (unpaired) electrons. The molecular formula is C55H54Cl10I3N2NaO18. The second-order valence-electron chi connectivity index (χ2n) is 15.2. The molecule has 89 heavy (non-hydrogen) atoms.